The zero-order chi connectivity index (χ0) is 13.5. The maximum Gasteiger partial charge on any atom is 0.190 e. The summed E-state index contributed by atoms with van der Waals surface area (Å²) >= 11 is 5.75. The van der Waals surface area contributed by atoms with Gasteiger partial charge >= 0.3 is 0 Å². The number of hydrogen-bond acceptors (Lipinski definition) is 2. The average Bonchev–Trinajstić information content (AvgIpc) is 3.23. The molecular formula is C14H21ClN4. The summed E-state index contributed by atoms with van der Waals surface area (Å²) in [4.78, 5) is 8.27. The Morgan fingerprint density at radius 3 is 2.79 bits per heavy atom. The second-order valence-corrected chi connectivity index (χ2v) is 5.28. The molecule has 0 saturated heterocycles. The van der Waals surface area contributed by atoms with Crippen LogP contribution in [0.3, 0.4) is 0 Å². The first-order valence-electron chi connectivity index (χ1n) is 6.83. The summed E-state index contributed by atoms with van der Waals surface area (Å²) in [5, 5.41) is 7.18. The van der Waals surface area contributed by atoms with Gasteiger partial charge in [-0.25, -0.2) is 4.98 Å². The lowest BCUT2D eigenvalue weighted by atomic mass is 10.2. The van der Waals surface area contributed by atoms with Crippen molar-refractivity contribution in [2.45, 2.75) is 25.7 Å². The van der Waals surface area contributed by atoms with Crippen molar-refractivity contribution in [3.05, 3.63) is 29.0 Å². The van der Waals surface area contributed by atoms with Crippen LogP contribution in [0.25, 0.3) is 0 Å². The van der Waals surface area contributed by atoms with E-state index in [9.17, 15) is 0 Å². The fraction of sp³-hybridized carbons (Fsp3) is 0.571. The Hall–Kier alpha value is -1.29. The number of rotatable bonds is 6. The molecule has 1 aromatic rings. The highest BCUT2D eigenvalue weighted by Gasteiger charge is 2.20. The van der Waals surface area contributed by atoms with Gasteiger partial charge in [0.25, 0.3) is 0 Å². The van der Waals surface area contributed by atoms with Crippen molar-refractivity contribution >= 4 is 17.6 Å². The summed E-state index contributed by atoms with van der Waals surface area (Å²) in [6.07, 6.45) is 6.77. The molecule has 0 radical (unpaired) electrons. The van der Waals surface area contributed by atoms with E-state index in [1.807, 2.05) is 18.3 Å². The molecule has 1 saturated carbocycles. The standard InChI is InChI=1S/C14H21ClN4/c1-16-14(17-8-6-11-2-3-11)18-9-7-12-4-5-13(15)19-10-12/h4-5,10-11H,2-3,6-9H2,1H3,(H2,16,17,18). The van der Waals surface area contributed by atoms with Crippen LogP contribution in [-0.2, 0) is 6.42 Å². The Bertz CT molecular complexity index is 412. The van der Waals surface area contributed by atoms with Gasteiger partial charge in [0.15, 0.2) is 5.96 Å². The molecule has 5 heteroatoms. The van der Waals surface area contributed by atoms with Crippen molar-refractivity contribution in [3.8, 4) is 0 Å². The Kier molecular flexibility index (Phi) is 5.45. The van der Waals surface area contributed by atoms with E-state index >= 15 is 0 Å². The number of pyridine rings is 1. The Morgan fingerprint density at radius 2 is 2.16 bits per heavy atom. The maximum absolute atomic E-state index is 5.75. The van der Waals surface area contributed by atoms with Gasteiger partial charge in [-0.2, -0.15) is 0 Å². The minimum atomic E-state index is 0.536. The highest BCUT2D eigenvalue weighted by atomic mass is 35.5. The van der Waals surface area contributed by atoms with Crippen LogP contribution in [0.15, 0.2) is 23.3 Å². The van der Waals surface area contributed by atoms with Crippen molar-refractivity contribution in [3.63, 3.8) is 0 Å². The van der Waals surface area contributed by atoms with Crippen molar-refractivity contribution in [2.24, 2.45) is 10.9 Å². The van der Waals surface area contributed by atoms with E-state index < -0.39 is 0 Å². The Balaban J connectivity index is 1.63. The van der Waals surface area contributed by atoms with E-state index in [2.05, 4.69) is 20.6 Å². The van der Waals surface area contributed by atoms with Gasteiger partial charge in [-0.3, -0.25) is 4.99 Å². The number of halogens is 1. The van der Waals surface area contributed by atoms with Crippen molar-refractivity contribution < 1.29 is 0 Å². The molecule has 4 nitrogen and oxygen atoms in total. The van der Waals surface area contributed by atoms with E-state index in [0.29, 0.717) is 5.15 Å². The van der Waals surface area contributed by atoms with E-state index in [1.165, 1.54) is 24.8 Å². The lowest BCUT2D eigenvalue weighted by molar-refractivity contribution is 0.684. The van der Waals surface area contributed by atoms with Gasteiger partial charge in [0, 0.05) is 26.3 Å². The molecular weight excluding hydrogens is 260 g/mol. The molecule has 1 fully saturated rings. The van der Waals surface area contributed by atoms with Crippen LogP contribution in [-0.4, -0.2) is 31.1 Å². The van der Waals surface area contributed by atoms with E-state index in [1.54, 1.807) is 7.05 Å². The van der Waals surface area contributed by atoms with Crippen LogP contribution >= 0.6 is 11.6 Å². The Morgan fingerprint density at radius 1 is 1.37 bits per heavy atom. The van der Waals surface area contributed by atoms with E-state index in [0.717, 1.165) is 31.4 Å². The van der Waals surface area contributed by atoms with E-state index in [4.69, 9.17) is 11.6 Å². The van der Waals surface area contributed by atoms with E-state index in [-0.39, 0.29) is 0 Å². The summed E-state index contributed by atoms with van der Waals surface area (Å²) in [6, 6.07) is 3.82. The molecule has 0 unspecified atom stereocenters. The van der Waals surface area contributed by atoms with Crippen LogP contribution in [0.4, 0.5) is 0 Å². The quantitative estimate of drug-likeness (QED) is 0.477. The zero-order valence-corrected chi connectivity index (χ0v) is 12.1. The summed E-state index contributed by atoms with van der Waals surface area (Å²) in [7, 11) is 1.80. The monoisotopic (exact) mass is 280 g/mol. The molecule has 1 aliphatic rings. The Labute approximate surface area is 119 Å². The first-order chi connectivity index (χ1) is 9.28. The smallest absolute Gasteiger partial charge is 0.190 e. The van der Waals surface area contributed by atoms with Crippen molar-refractivity contribution in [1.82, 2.24) is 15.6 Å². The largest absolute Gasteiger partial charge is 0.356 e. The molecule has 0 bridgehead atoms. The van der Waals surface area contributed by atoms with Crippen LogP contribution in [0.1, 0.15) is 24.8 Å². The predicted octanol–water partition coefficient (Wildman–Crippen LogP) is 2.24. The summed E-state index contributed by atoms with van der Waals surface area (Å²) in [5.74, 6) is 1.83. The van der Waals surface area contributed by atoms with Gasteiger partial charge in [-0.15, -0.1) is 0 Å². The summed E-state index contributed by atoms with van der Waals surface area (Å²) in [6.45, 7) is 1.85. The maximum atomic E-state index is 5.75. The van der Waals surface area contributed by atoms with Crippen LogP contribution in [0, 0.1) is 5.92 Å². The zero-order valence-electron chi connectivity index (χ0n) is 11.3. The van der Waals surface area contributed by atoms with Crippen molar-refractivity contribution in [1.29, 1.82) is 0 Å². The molecule has 0 amide bonds. The van der Waals surface area contributed by atoms with Gasteiger partial charge < -0.3 is 10.6 Å². The highest BCUT2D eigenvalue weighted by Crippen LogP contribution is 2.31. The molecule has 1 heterocycles. The third-order valence-electron chi connectivity index (χ3n) is 3.26. The molecule has 1 aromatic heterocycles. The number of aliphatic imine (C=N–C) groups is 1. The first kappa shape index (κ1) is 14.1. The number of guanidine groups is 1. The third kappa shape index (κ3) is 5.47. The van der Waals surface area contributed by atoms with Crippen molar-refractivity contribution in [2.75, 3.05) is 20.1 Å². The van der Waals surface area contributed by atoms with Gasteiger partial charge in [0.1, 0.15) is 5.15 Å². The fourth-order valence-corrected chi connectivity index (χ4v) is 2.01. The fourth-order valence-electron chi connectivity index (χ4n) is 1.90. The molecule has 2 rings (SSSR count). The molecule has 0 aliphatic heterocycles. The summed E-state index contributed by atoms with van der Waals surface area (Å²) in [5.41, 5.74) is 1.17. The minimum absolute atomic E-state index is 0.536. The van der Waals surface area contributed by atoms with Gasteiger partial charge in [0.2, 0.25) is 0 Å². The lowest BCUT2D eigenvalue weighted by Gasteiger charge is -2.11. The number of aromatic nitrogens is 1. The SMILES string of the molecule is CN=C(NCCc1ccc(Cl)nc1)NCCC1CC1. The number of hydrogen-bond donors (Lipinski definition) is 2. The lowest BCUT2D eigenvalue weighted by Crippen LogP contribution is -2.38. The minimum Gasteiger partial charge on any atom is -0.356 e. The predicted molar refractivity (Wildman–Crippen MR) is 79.7 cm³/mol. The molecule has 0 aromatic carbocycles. The average molecular weight is 281 g/mol. The number of nitrogens with zero attached hydrogens (tertiary/aromatic N) is 2. The van der Waals surface area contributed by atoms with Gasteiger partial charge in [-0.05, 0) is 30.4 Å². The summed E-state index contributed by atoms with van der Waals surface area (Å²) < 4.78 is 0. The van der Waals surface area contributed by atoms with Crippen LogP contribution in [0.2, 0.25) is 5.15 Å². The third-order valence-corrected chi connectivity index (χ3v) is 3.48. The van der Waals surface area contributed by atoms with Gasteiger partial charge in [0.05, 0.1) is 0 Å². The molecule has 0 atom stereocenters. The van der Waals surface area contributed by atoms with Crippen LogP contribution < -0.4 is 10.6 Å². The first-order valence-corrected chi connectivity index (χ1v) is 7.20. The molecule has 2 N–H and O–H groups in total. The molecule has 0 spiro atoms. The molecule has 104 valence electrons. The molecule has 19 heavy (non-hydrogen) atoms. The highest BCUT2D eigenvalue weighted by molar-refractivity contribution is 6.29. The normalized spacial score (nSPS) is 15.4. The van der Waals surface area contributed by atoms with Crippen LogP contribution in [0.5, 0.6) is 0 Å². The topological polar surface area (TPSA) is 49.3 Å². The second kappa shape index (κ2) is 7.34. The number of nitrogens with one attached hydrogen (secondary N) is 2. The second-order valence-electron chi connectivity index (χ2n) is 4.90. The molecule has 1 aliphatic carbocycles. The van der Waals surface area contributed by atoms with Gasteiger partial charge in [-0.1, -0.05) is 30.5 Å².